The Kier molecular flexibility index (Phi) is 16.8. The maximum atomic E-state index is 13.2. The van der Waals surface area contributed by atoms with E-state index in [1.54, 1.807) is 0 Å². The maximum Gasteiger partial charge on any atom is 0.306 e. The second-order valence-electron chi connectivity index (χ2n) is 12.2. The molecular weight excluding hydrogens is 528 g/mol. The highest BCUT2D eigenvalue weighted by Gasteiger charge is 2.32. The number of rotatable bonds is 22. The van der Waals surface area contributed by atoms with Crippen LogP contribution >= 0.6 is 0 Å². The van der Waals surface area contributed by atoms with Gasteiger partial charge in [0, 0.05) is 19.4 Å². The molecule has 2 heterocycles. The molecular formula is C35H58N2O5. The van der Waals surface area contributed by atoms with Gasteiger partial charge < -0.3 is 24.4 Å². The van der Waals surface area contributed by atoms with Crippen molar-refractivity contribution >= 4 is 11.9 Å². The highest BCUT2D eigenvalue weighted by atomic mass is 16.6. The first-order chi connectivity index (χ1) is 20.6. The first kappa shape index (κ1) is 34.2. The Morgan fingerprint density at radius 3 is 2.00 bits per heavy atom. The van der Waals surface area contributed by atoms with Gasteiger partial charge in [-0.25, -0.2) is 0 Å². The molecule has 2 aliphatic rings. The summed E-state index contributed by atoms with van der Waals surface area (Å²) < 4.78 is 17.9. The average Bonchev–Trinajstić information content (AvgIpc) is 3.51. The first-order valence-electron chi connectivity index (χ1n) is 17.2. The number of nitrogens with one attached hydrogen (secondary N) is 1. The molecule has 7 nitrogen and oxygen atoms in total. The number of nitrogens with zero attached hydrogens (tertiary/aromatic N) is 1. The summed E-state index contributed by atoms with van der Waals surface area (Å²) in [5, 5.41) is 3.29. The Bertz CT molecular complexity index is 901. The number of likely N-dealkylation sites (tertiary alicyclic amines) is 1. The molecule has 1 N–H and O–H groups in total. The van der Waals surface area contributed by atoms with Gasteiger partial charge >= 0.3 is 5.97 Å². The van der Waals surface area contributed by atoms with Crippen LogP contribution in [0, 0.1) is 0 Å². The molecule has 238 valence electrons. The summed E-state index contributed by atoms with van der Waals surface area (Å²) in [6.45, 7) is 8.13. The molecule has 0 radical (unpaired) electrons. The van der Waals surface area contributed by atoms with Crippen LogP contribution in [0.4, 0.5) is 0 Å². The van der Waals surface area contributed by atoms with Gasteiger partial charge in [-0.05, 0) is 56.5 Å². The van der Waals surface area contributed by atoms with Crippen LogP contribution < -0.4 is 14.8 Å². The van der Waals surface area contributed by atoms with Crippen LogP contribution in [-0.4, -0.2) is 55.7 Å². The van der Waals surface area contributed by atoms with Gasteiger partial charge in [-0.3, -0.25) is 9.59 Å². The monoisotopic (exact) mass is 586 g/mol. The summed E-state index contributed by atoms with van der Waals surface area (Å²) in [5.74, 6) is 1.21. The Balaban J connectivity index is 1.64. The zero-order valence-electron chi connectivity index (χ0n) is 26.6. The van der Waals surface area contributed by atoms with Crippen molar-refractivity contribution in [2.75, 3.05) is 32.8 Å². The van der Waals surface area contributed by atoms with Crippen LogP contribution in [-0.2, 0) is 14.3 Å². The summed E-state index contributed by atoms with van der Waals surface area (Å²) in [6.07, 6.45) is 19.0. The highest BCUT2D eigenvalue weighted by molar-refractivity contribution is 5.76. The van der Waals surface area contributed by atoms with Crippen molar-refractivity contribution < 1.29 is 23.8 Å². The number of hydrogen-bond acceptors (Lipinski definition) is 6. The zero-order chi connectivity index (χ0) is 29.8. The zero-order valence-corrected chi connectivity index (χ0v) is 26.6. The molecule has 2 atom stereocenters. The van der Waals surface area contributed by atoms with E-state index >= 15 is 0 Å². The topological polar surface area (TPSA) is 77.1 Å². The minimum Gasteiger partial charge on any atom is -0.486 e. The van der Waals surface area contributed by atoms with Crippen LogP contribution in [0.15, 0.2) is 18.2 Å². The van der Waals surface area contributed by atoms with E-state index in [2.05, 4.69) is 24.1 Å². The molecule has 7 heteroatoms. The minimum atomic E-state index is -0.587. The number of hydrogen-bond donors (Lipinski definition) is 1. The molecule has 1 aromatic rings. The lowest BCUT2D eigenvalue weighted by molar-refractivity contribution is -0.152. The van der Waals surface area contributed by atoms with Gasteiger partial charge in [0.15, 0.2) is 11.5 Å². The molecule has 0 bridgehead atoms. The molecule has 1 amide bonds. The van der Waals surface area contributed by atoms with Crippen molar-refractivity contribution in [3.8, 4) is 11.5 Å². The molecule has 2 aliphatic heterocycles. The number of ether oxygens (including phenoxy) is 3. The number of carbonyl (C=O) groups excluding carboxylic acids is 2. The van der Waals surface area contributed by atoms with Gasteiger partial charge in [-0.1, -0.05) is 97.0 Å². The summed E-state index contributed by atoms with van der Waals surface area (Å²) in [4.78, 5) is 28.8. The SMILES string of the molecule is CCCCCCCCCCCC(=O)O[C@H](c1ccc2c(c1)OCCO2)[C@@H](CN1CCCC1)NC(=O)CCCCCCC. The molecule has 1 fully saturated rings. The molecule has 0 aromatic heterocycles. The summed E-state index contributed by atoms with van der Waals surface area (Å²) in [7, 11) is 0. The van der Waals surface area contributed by atoms with Crippen molar-refractivity contribution in [1.29, 1.82) is 0 Å². The third-order valence-electron chi connectivity index (χ3n) is 8.51. The summed E-state index contributed by atoms with van der Waals surface area (Å²) in [6, 6.07) is 5.45. The molecule has 0 unspecified atom stereocenters. The molecule has 0 saturated carbocycles. The lowest BCUT2D eigenvalue weighted by Crippen LogP contribution is -2.47. The first-order valence-corrected chi connectivity index (χ1v) is 17.2. The van der Waals surface area contributed by atoms with Crippen LogP contribution in [0.2, 0.25) is 0 Å². The predicted octanol–water partition coefficient (Wildman–Crippen LogP) is 7.90. The third-order valence-corrected chi connectivity index (χ3v) is 8.51. The highest BCUT2D eigenvalue weighted by Crippen LogP contribution is 2.35. The maximum absolute atomic E-state index is 13.2. The lowest BCUT2D eigenvalue weighted by atomic mass is 9.99. The number of unbranched alkanes of at least 4 members (excludes halogenated alkanes) is 12. The fraction of sp³-hybridized carbons (Fsp3) is 0.771. The van der Waals surface area contributed by atoms with Gasteiger partial charge in [0.05, 0.1) is 6.04 Å². The Morgan fingerprint density at radius 2 is 1.36 bits per heavy atom. The van der Waals surface area contributed by atoms with Crippen LogP contribution in [0.25, 0.3) is 0 Å². The second-order valence-corrected chi connectivity index (χ2v) is 12.2. The molecule has 3 rings (SSSR count). The molecule has 42 heavy (non-hydrogen) atoms. The van der Waals surface area contributed by atoms with E-state index in [0.29, 0.717) is 44.1 Å². The third kappa shape index (κ3) is 12.9. The second kappa shape index (κ2) is 20.6. The van der Waals surface area contributed by atoms with Gasteiger partial charge in [0.2, 0.25) is 5.91 Å². The number of benzene rings is 1. The van der Waals surface area contributed by atoms with Crippen molar-refractivity contribution in [2.24, 2.45) is 0 Å². The van der Waals surface area contributed by atoms with E-state index in [0.717, 1.165) is 70.0 Å². The van der Waals surface area contributed by atoms with Crippen LogP contribution in [0.1, 0.15) is 141 Å². The van der Waals surface area contributed by atoms with Crippen LogP contribution in [0.3, 0.4) is 0 Å². The van der Waals surface area contributed by atoms with E-state index < -0.39 is 6.10 Å². The number of esters is 1. The van der Waals surface area contributed by atoms with Crippen molar-refractivity contribution in [1.82, 2.24) is 10.2 Å². The number of carbonyl (C=O) groups is 2. The van der Waals surface area contributed by atoms with Crippen LogP contribution in [0.5, 0.6) is 11.5 Å². The fourth-order valence-electron chi connectivity index (χ4n) is 6.03. The minimum absolute atomic E-state index is 0.0354. The van der Waals surface area contributed by atoms with E-state index in [1.807, 2.05) is 18.2 Å². The lowest BCUT2D eigenvalue weighted by Gasteiger charge is -2.32. The van der Waals surface area contributed by atoms with E-state index in [1.165, 1.54) is 51.4 Å². The standard InChI is InChI=1S/C35H58N2O5/c1-3-5-7-9-10-11-12-14-16-20-34(39)42-35(29-21-22-31-32(27-29)41-26-25-40-31)30(28-37-23-17-18-24-37)36-33(38)19-15-13-8-6-4-2/h21-22,27,30,35H,3-20,23-26,28H2,1-2H3,(H,36,38)/t30-,35-/m1/s1. The molecule has 0 spiro atoms. The Hall–Kier alpha value is -2.28. The van der Waals surface area contributed by atoms with Crippen molar-refractivity contribution in [3.63, 3.8) is 0 Å². The molecule has 0 aliphatic carbocycles. The number of fused-ring (bicyclic) bond motifs is 1. The number of amides is 1. The van der Waals surface area contributed by atoms with Crippen molar-refractivity contribution in [2.45, 2.75) is 142 Å². The van der Waals surface area contributed by atoms with E-state index in [9.17, 15) is 9.59 Å². The van der Waals surface area contributed by atoms with E-state index in [4.69, 9.17) is 14.2 Å². The smallest absolute Gasteiger partial charge is 0.306 e. The normalized spacial score (nSPS) is 16.2. The summed E-state index contributed by atoms with van der Waals surface area (Å²) >= 11 is 0. The van der Waals surface area contributed by atoms with Gasteiger partial charge in [0.1, 0.15) is 19.3 Å². The molecule has 1 saturated heterocycles. The van der Waals surface area contributed by atoms with Gasteiger partial charge in [0.25, 0.3) is 0 Å². The van der Waals surface area contributed by atoms with E-state index in [-0.39, 0.29) is 17.9 Å². The van der Waals surface area contributed by atoms with Crippen molar-refractivity contribution in [3.05, 3.63) is 23.8 Å². The summed E-state index contributed by atoms with van der Waals surface area (Å²) in [5.41, 5.74) is 0.840. The Labute approximate surface area is 255 Å². The quantitative estimate of drug-likeness (QED) is 0.110. The Morgan fingerprint density at radius 1 is 0.786 bits per heavy atom. The predicted molar refractivity (Wildman–Crippen MR) is 169 cm³/mol. The largest absolute Gasteiger partial charge is 0.486 e. The van der Waals surface area contributed by atoms with Gasteiger partial charge in [-0.2, -0.15) is 0 Å². The van der Waals surface area contributed by atoms with Gasteiger partial charge in [-0.15, -0.1) is 0 Å². The fourth-order valence-corrected chi connectivity index (χ4v) is 6.03. The molecule has 1 aromatic carbocycles. The average molecular weight is 587 g/mol.